The quantitative estimate of drug-likeness (QED) is 0.543. The summed E-state index contributed by atoms with van der Waals surface area (Å²) in [7, 11) is 0. The first-order valence-electron chi connectivity index (χ1n) is 12.3. The largest absolute Gasteiger partial charge is 0.490 e. The number of hydrogen-bond donors (Lipinski definition) is 1. The maximum Gasteiger partial charge on any atom is 0.271 e. The minimum Gasteiger partial charge on any atom is -0.490 e. The Kier molecular flexibility index (Phi) is 6.95. The maximum absolute atomic E-state index is 13.1. The number of carbonyl (C=O) groups excluding carboxylic acids is 1. The fourth-order valence-electron chi connectivity index (χ4n) is 4.36. The van der Waals surface area contributed by atoms with Crippen LogP contribution >= 0.6 is 0 Å². The summed E-state index contributed by atoms with van der Waals surface area (Å²) in [4.78, 5) is 18.8. The van der Waals surface area contributed by atoms with Gasteiger partial charge in [0.2, 0.25) is 0 Å². The summed E-state index contributed by atoms with van der Waals surface area (Å²) in [5, 5.41) is 5.25. The Morgan fingerprint density at radius 3 is 2.60 bits per heavy atom. The van der Waals surface area contributed by atoms with Gasteiger partial charge >= 0.3 is 0 Å². The topological polar surface area (TPSA) is 77.2 Å². The molecule has 1 amide bonds. The highest BCUT2D eigenvalue weighted by Crippen LogP contribution is 2.28. The average Bonchev–Trinajstić information content (AvgIpc) is 3.65. The third-order valence-electron chi connectivity index (χ3n) is 6.59. The van der Waals surface area contributed by atoms with E-state index >= 15 is 0 Å². The van der Waals surface area contributed by atoms with Gasteiger partial charge in [-0.05, 0) is 92.3 Å². The molecule has 3 aromatic rings. The van der Waals surface area contributed by atoms with Crippen LogP contribution in [0.25, 0.3) is 10.8 Å². The van der Waals surface area contributed by atoms with Crippen molar-refractivity contribution in [1.82, 2.24) is 4.90 Å². The summed E-state index contributed by atoms with van der Waals surface area (Å²) in [5.74, 6) is 0.0966. The molecule has 6 rings (SSSR count). The van der Waals surface area contributed by atoms with Gasteiger partial charge in [-0.3, -0.25) is 4.79 Å². The fraction of sp³-hybridized carbons (Fsp3) is 0.357. The molecule has 182 valence electrons. The molecule has 35 heavy (non-hydrogen) atoms. The molecule has 2 fully saturated rings. The van der Waals surface area contributed by atoms with Crippen molar-refractivity contribution in [2.75, 3.05) is 19.6 Å². The van der Waals surface area contributed by atoms with E-state index in [9.17, 15) is 9.18 Å². The summed E-state index contributed by atoms with van der Waals surface area (Å²) < 4.78 is 18.9. The van der Waals surface area contributed by atoms with Gasteiger partial charge < -0.3 is 20.2 Å². The van der Waals surface area contributed by atoms with Gasteiger partial charge in [0.05, 0.1) is 6.10 Å². The van der Waals surface area contributed by atoms with E-state index in [1.54, 1.807) is 18.2 Å². The average molecular weight is 476 g/mol. The fourth-order valence-corrected chi connectivity index (χ4v) is 4.36. The van der Waals surface area contributed by atoms with E-state index in [4.69, 9.17) is 15.3 Å². The van der Waals surface area contributed by atoms with Crippen LogP contribution in [0.15, 0.2) is 59.8 Å². The Morgan fingerprint density at radius 1 is 1.11 bits per heavy atom. The number of oxime groups is 1. The van der Waals surface area contributed by atoms with Crippen molar-refractivity contribution in [2.24, 2.45) is 10.9 Å². The summed E-state index contributed by atoms with van der Waals surface area (Å²) >= 11 is 0. The van der Waals surface area contributed by atoms with Crippen molar-refractivity contribution >= 4 is 22.4 Å². The van der Waals surface area contributed by atoms with Gasteiger partial charge in [0, 0.05) is 11.1 Å². The number of nitrogens with zero attached hydrogens (tertiary/aromatic N) is 2. The third-order valence-corrected chi connectivity index (χ3v) is 6.59. The van der Waals surface area contributed by atoms with Gasteiger partial charge in [0.15, 0.2) is 5.71 Å². The lowest BCUT2D eigenvalue weighted by molar-refractivity contribution is -0.112. The molecule has 1 saturated heterocycles. The molecule has 0 atom stereocenters. The minimum atomic E-state index is -0.641. The molecule has 2 heterocycles. The van der Waals surface area contributed by atoms with Crippen molar-refractivity contribution in [3.8, 4) is 5.75 Å². The molecule has 0 radical (unpaired) electrons. The second-order valence-corrected chi connectivity index (χ2v) is 9.29. The first-order valence-corrected chi connectivity index (χ1v) is 12.3. The highest BCUT2D eigenvalue weighted by atomic mass is 19.1. The van der Waals surface area contributed by atoms with E-state index in [0.29, 0.717) is 11.7 Å². The van der Waals surface area contributed by atoms with Crippen LogP contribution in [-0.4, -0.2) is 42.3 Å². The number of fused-ring (bicyclic) bond motifs is 3. The first-order chi connectivity index (χ1) is 17.1. The molecule has 0 bridgehead atoms. The number of ether oxygens (including phenoxy) is 1. The predicted molar refractivity (Wildman–Crippen MR) is 134 cm³/mol. The molecule has 2 aliphatic heterocycles. The third kappa shape index (κ3) is 5.80. The second kappa shape index (κ2) is 10.4. The lowest BCUT2D eigenvalue weighted by atomic mass is 9.95. The summed E-state index contributed by atoms with van der Waals surface area (Å²) in [6.07, 6.45) is 6.85. The molecule has 6 nitrogen and oxygen atoms in total. The van der Waals surface area contributed by atoms with Crippen molar-refractivity contribution in [3.05, 3.63) is 77.1 Å². The van der Waals surface area contributed by atoms with E-state index in [1.165, 1.54) is 69.4 Å². The summed E-state index contributed by atoms with van der Waals surface area (Å²) in [6.45, 7) is 4.14. The molecule has 0 spiro atoms. The van der Waals surface area contributed by atoms with Crippen LogP contribution in [0.2, 0.25) is 0 Å². The zero-order valence-electron chi connectivity index (χ0n) is 19.7. The number of primary amides is 1. The zero-order chi connectivity index (χ0) is 24.2. The number of amides is 1. The van der Waals surface area contributed by atoms with Gasteiger partial charge in [0.1, 0.15) is 18.2 Å². The van der Waals surface area contributed by atoms with Crippen LogP contribution < -0.4 is 10.5 Å². The monoisotopic (exact) mass is 475 g/mol. The molecule has 0 unspecified atom stereocenters. The van der Waals surface area contributed by atoms with E-state index in [-0.39, 0.29) is 18.1 Å². The number of likely N-dealkylation sites (tertiary alicyclic amines) is 1. The Morgan fingerprint density at radius 2 is 1.91 bits per heavy atom. The summed E-state index contributed by atoms with van der Waals surface area (Å²) in [6, 6.07) is 16.6. The van der Waals surface area contributed by atoms with Gasteiger partial charge in [-0.15, -0.1) is 0 Å². The number of benzene rings is 3. The second-order valence-electron chi connectivity index (χ2n) is 9.29. The van der Waals surface area contributed by atoms with Crippen molar-refractivity contribution in [3.63, 3.8) is 0 Å². The van der Waals surface area contributed by atoms with Crippen LogP contribution in [0.1, 0.15) is 42.4 Å². The molecule has 1 saturated carbocycles. The Bertz CT molecular complexity index is 1230. The van der Waals surface area contributed by atoms with Gasteiger partial charge in [-0.2, -0.15) is 0 Å². The van der Waals surface area contributed by atoms with Crippen LogP contribution in [-0.2, 0) is 22.7 Å². The van der Waals surface area contributed by atoms with E-state index in [1.807, 2.05) is 0 Å². The highest BCUT2D eigenvalue weighted by Gasteiger charge is 2.23. The standard InChI is InChI=1S/C15H21NO.C13H9FN2O2/c1(10-16-11-2-12-16)3-13-4-6-14(7-5-13)17-15-8-9-15;14-8-2-4-9-7(5-8)1-3-10-11(9)6-18-16-12(10)13(15)17/h4-7,15H,1-3,8-12H2;1-5H,6H2,(H2,15,17). The molecule has 3 aliphatic rings. The lowest BCUT2D eigenvalue weighted by Gasteiger charge is -2.30. The Labute approximate surface area is 204 Å². The Hall–Kier alpha value is -3.45. The molecule has 7 heteroatoms. The Balaban J connectivity index is 0.000000145. The van der Waals surface area contributed by atoms with E-state index in [2.05, 4.69) is 34.3 Å². The molecule has 1 aliphatic carbocycles. The van der Waals surface area contributed by atoms with Gasteiger partial charge in [-0.1, -0.05) is 35.5 Å². The van der Waals surface area contributed by atoms with Gasteiger partial charge in [-0.25, -0.2) is 4.39 Å². The van der Waals surface area contributed by atoms with Crippen LogP contribution in [0, 0.1) is 5.82 Å². The van der Waals surface area contributed by atoms with Crippen LogP contribution in [0.5, 0.6) is 5.75 Å². The highest BCUT2D eigenvalue weighted by molar-refractivity contribution is 6.45. The minimum absolute atomic E-state index is 0.0995. The number of halogens is 1. The van der Waals surface area contributed by atoms with E-state index < -0.39 is 5.91 Å². The van der Waals surface area contributed by atoms with Crippen molar-refractivity contribution in [2.45, 2.75) is 44.8 Å². The van der Waals surface area contributed by atoms with Crippen LogP contribution in [0.4, 0.5) is 4.39 Å². The van der Waals surface area contributed by atoms with Crippen molar-refractivity contribution in [1.29, 1.82) is 0 Å². The number of rotatable bonds is 7. The lowest BCUT2D eigenvalue weighted by Crippen LogP contribution is -2.37. The predicted octanol–water partition coefficient (Wildman–Crippen LogP) is 4.56. The molecular formula is C28H30FN3O3. The number of nitrogens with two attached hydrogens (primary N) is 1. The molecular weight excluding hydrogens is 445 g/mol. The number of aryl methyl sites for hydroxylation is 1. The van der Waals surface area contributed by atoms with Crippen LogP contribution in [0.3, 0.4) is 0 Å². The summed E-state index contributed by atoms with van der Waals surface area (Å²) in [5.41, 5.74) is 8.23. The molecule has 2 N–H and O–H groups in total. The number of hydrogen-bond acceptors (Lipinski definition) is 5. The zero-order valence-corrected chi connectivity index (χ0v) is 19.7. The maximum atomic E-state index is 13.1. The van der Waals surface area contributed by atoms with E-state index in [0.717, 1.165) is 22.1 Å². The molecule has 0 aromatic heterocycles. The van der Waals surface area contributed by atoms with Gasteiger partial charge in [0.25, 0.3) is 5.91 Å². The number of carbonyl (C=O) groups is 1. The SMILES string of the molecule is NC(=O)C1=NOCc2c1ccc1cc(F)ccc21.c1cc(OC2CC2)ccc1CCCN1CCC1. The normalized spacial score (nSPS) is 16.8. The first kappa shape index (κ1) is 23.3. The van der Waals surface area contributed by atoms with Crippen molar-refractivity contribution < 1.29 is 18.8 Å². The smallest absolute Gasteiger partial charge is 0.271 e. The molecule has 3 aromatic carbocycles.